The van der Waals surface area contributed by atoms with Gasteiger partial charge in [0.25, 0.3) is 0 Å². The molecule has 28 heavy (non-hydrogen) atoms. The van der Waals surface area contributed by atoms with Gasteiger partial charge < -0.3 is 4.74 Å². The van der Waals surface area contributed by atoms with Gasteiger partial charge in [-0.15, -0.1) is 0 Å². The molecule has 0 aromatic heterocycles. The molecule has 2 aromatic rings. The van der Waals surface area contributed by atoms with E-state index in [1.165, 1.54) is 11.8 Å². The Labute approximate surface area is 168 Å². The molecule has 2 aromatic carbocycles. The molecule has 2 heterocycles. The number of hydrogen-bond donors (Lipinski definition) is 0. The van der Waals surface area contributed by atoms with Crippen LogP contribution in [0.15, 0.2) is 76.9 Å². The molecular weight excluding hydrogens is 372 g/mol. The van der Waals surface area contributed by atoms with Crippen LogP contribution < -0.4 is 0 Å². The fraction of sp³-hybridized carbons (Fsp3) is 0.227. The zero-order valence-electron chi connectivity index (χ0n) is 15.7. The largest absolute Gasteiger partial charge is 0.463 e. The van der Waals surface area contributed by atoms with Crippen LogP contribution in [0.25, 0.3) is 0 Å². The highest BCUT2D eigenvalue weighted by atomic mass is 32.2. The maximum Gasteiger partial charge on any atom is 0.338 e. The van der Waals surface area contributed by atoms with E-state index in [1.54, 1.807) is 18.7 Å². The van der Waals surface area contributed by atoms with Gasteiger partial charge in [-0.3, -0.25) is 9.69 Å². The zero-order chi connectivity index (χ0) is 19.7. The van der Waals surface area contributed by atoms with Crippen LogP contribution in [0.4, 0.5) is 0 Å². The van der Waals surface area contributed by atoms with Gasteiger partial charge in [-0.25, -0.2) is 9.79 Å². The Hall–Kier alpha value is -2.86. The third-order valence-corrected chi connectivity index (χ3v) is 6.00. The molecule has 2 aliphatic heterocycles. The molecular formula is C22H20N2O3S. The first kappa shape index (κ1) is 18.5. The van der Waals surface area contributed by atoms with Crippen molar-refractivity contribution in [3.05, 3.63) is 83.1 Å². The van der Waals surface area contributed by atoms with Crippen molar-refractivity contribution in [2.45, 2.75) is 25.1 Å². The van der Waals surface area contributed by atoms with Crippen LogP contribution in [0.3, 0.4) is 0 Å². The molecule has 6 heteroatoms. The van der Waals surface area contributed by atoms with E-state index in [2.05, 4.69) is 4.99 Å². The minimum atomic E-state index is -0.540. The van der Waals surface area contributed by atoms with Crippen molar-refractivity contribution in [3.63, 3.8) is 0 Å². The number of benzene rings is 2. The lowest BCUT2D eigenvalue weighted by Crippen LogP contribution is -2.40. The van der Waals surface area contributed by atoms with Crippen LogP contribution in [-0.2, 0) is 14.3 Å². The summed E-state index contributed by atoms with van der Waals surface area (Å²) in [5, 5.41) is 0.249. The Kier molecular flexibility index (Phi) is 5.05. The maximum absolute atomic E-state index is 13.4. The fourth-order valence-corrected chi connectivity index (χ4v) is 4.76. The van der Waals surface area contributed by atoms with Gasteiger partial charge in [0.1, 0.15) is 5.25 Å². The molecule has 142 valence electrons. The zero-order valence-corrected chi connectivity index (χ0v) is 16.5. The summed E-state index contributed by atoms with van der Waals surface area (Å²) in [6.45, 7) is 3.83. The Morgan fingerprint density at radius 2 is 1.68 bits per heavy atom. The lowest BCUT2D eigenvalue weighted by atomic mass is 9.94. The van der Waals surface area contributed by atoms with E-state index in [0.29, 0.717) is 16.4 Å². The molecule has 2 aliphatic rings. The summed E-state index contributed by atoms with van der Waals surface area (Å²) in [7, 11) is 0. The van der Waals surface area contributed by atoms with Gasteiger partial charge in [-0.1, -0.05) is 72.4 Å². The van der Waals surface area contributed by atoms with E-state index >= 15 is 0 Å². The smallest absolute Gasteiger partial charge is 0.338 e. The highest BCUT2D eigenvalue weighted by molar-refractivity contribution is 8.15. The molecule has 1 amide bonds. The lowest BCUT2D eigenvalue weighted by molar-refractivity contribution is -0.139. The summed E-state index contributed by atoms with van der Waals surface area (Å²) in [5.41, 5.74) is 2.80. The van der Waals surface area contributed by atoms with Crippen molar-refractivity contribution in [2.75, 3.05) is 6.61 Å². The number of carbonyl (C=O) groups excluding carboxylic acids is 2. The van der Waals surface area contributed by atoms with Gasteiger partial charge in [-0.2, -0.15) is 0 Å². The third kappa shape index (κ3) is 3.14. The number of thioether (sulfide) groups is 1. The summed E-state index contributed by atoms with van der Waals surface area (Å²) in [6, 6.07) is 18.7. The molecule has 0 unspecified atom stereocenters. The van der Waals surface area contributed by atoms with E-state index in [4.69, 9.17) is 4.74 Å². The van der Waals surface area contributed by atoms with Crippen molar-refractivity contribution in [1.29, 1.82) is 0 Å². The van der Waals surface area contributed by atoms with Crippen LogP contribution in [-0.4, -0.2) is 28.6 Å². The van der Waals surface area contributed by atoms with Crippen LogP contribution >= 0.6 is 11.8 Å². The van der Waals surface area contributed by atoms with Crippen molar-refractivity contribution >= 4 is 28.8 Å². The fourth-order valence-electron chi connectivity index (χ4n) is 3.54. The van der Waals surface area contributed by atoms with E-state index in [9.17, 15) is 9.59 Å². The standard InChI is InChI=1S/C22H20N2O3S/c1-3-27-21(26)17-14(2)23-22-24(18(17)15-10-6-4-7-11-15)20(25)19(28-22)16-12-8-5-9-13-16/h4-13,18-19H,3H2,1-2H3/t18-,19+/m1/s1. The number of amides is 1. The average Bonchev–Trinajstić information content (AvgIpc) is 3.04. The number of esters is 1. The predicted molar refractivity (Wildman–Crippen MR) is 110 cm³/mol. The Morgan fingerprint density at radius 3 is 2.29 bits per heavy atom. The van der Waals surface area contributed by atoms with E-state index in [0.717, 1.165) is 11.1 Å². The first-order chi connectivity index (χ1) is 13.6. The van der Waals surface area contributed by atoms with Crippen molar-refractivity contribution in [3.8, 4) is 0 Å². The first-order valence-electron chi connectivity index (χ1n) is 9.18. The van der Waals surface area contributed by atoms with Crippen LogP contribution in [0.2, 0.25) is 0 Å². The van der Waals surface area contributed by atoms with E-state index in [-0.39, 0.29) is 17.8 Å². The van der Waals surface area contributed by atoms with Crippen molar-refractivity contribution in [1.82, 2.24) is 4.90 Å². The Bertz CT molecular complexity index is 970. The van der Waals surface area contributed by atoms with Crippen LogP contribution in [0.5, 0.6) is 0 Å². The van der Waals surface area contributed by atoms with Crippen molar-refractivity contribution < 1.29 is 14.3 Å². The molecule has 0 bridgehead atoms. The third-order valence-electron chi connectivity index (χ3n) is 4.79. The topological polar surface area (TPSA) is 59.0 Å². The molecule has 0 aliphatic carbocycles. The molecule has 5 nitrogen and oxygen atoms in total. The number of ether oxygens (including phenoxy) is 1. The second-order valence-corrected chi connectivity index (χ2v) is 7.62. The van der Waals surface area contributed by atoms with Gasteiger partial charge in [0, 0.05) is 0 Å². The quantitative estimate of drug-likeness (QED) is 0.730. The van der Waals surface area contributed by atoms with Gasteiger partial charge in [0.05, 0.1) is 23.9 Å². The summed E-state index contributed by atoms with van der Waals surface area (Å²) in [4.78, 5) is 32.4. The maximum atomic E-state index is 13.4. The average molecular weight is 392 g/mol. The molecule has 1 saturated heterocycles. The monoisotopic (exact) mass is 392 g/mol. The molecule has 2 atom stereocenters. The minimum Gasteiger partial charge on any atom is -0.463 e. The number of nitrogens with zero attached hydrogens (tertiary/aromatic N) is 2. The number of allylic oxidation sites excluding steroid dienone is 1. The highest BCUT2D eigenvalue weighted by Crippen LogP contribution is 2.48. The molecule has 4 rings (SSSR count). The number of aliphatic imine (C=N–C) groups is 1. The Morgan fingerprint density at radius 1 is 1.07 bits per heavy atom. The summed E-state index contributed by atoms with van der Waals surface area (Å²) in [6.07, 6.45) is 0. The van der Waals surface area contributed by atoms with E-state index in [1.807, 2.05) is 60.7 Å². The van der Waals surface area contributed by atoms with Crippen LogP contribution in [0.1, 0.15) is 36.3 Å². The minimum absolute atomic E-state index is 0.0712. The molecule has 0 radical (unpaired) electrons. The lowest BCUT2D eigenvalue weighted by Gasteiger charge is -2.33. The number of fused-ring (bicyclic) bond motifs is 1. The second-order valence-electron chi connectivity index (χ2n) is 6.54. The highest BCUT2D eigenvalue weighted by Gasteiger charge is 2.48. The Balaban J connectivity index is 1.81. The normalized spacial score (nSPS) is 21.4. The second kappa shape index (κ2) is 7.64. The number of rotatable bonds is 4. The van der Waals surface area contributed by atoms with Crippen LogP contribution in [0, 0.1) is 0 Å². The molecule has 0 saturated carbocycles. The first-order valence-corrected chi connectivity index (χ1v) is 10.1. The summed E-state index contributed by atoms with van der Waals surface area (Å²) in [5.74, 6) is -0.504. The molecule has 0 spiro atoms. The number of hydrogen-bond acceptors (Lipinski definition) is 5. The summed E-state index contributed by atoms with van der Waals surface area (Å²) < 4.78 is 5.29. The van der Waals surface area contributed by atoms with Crippen molar-refractivity contribution in [2.24, 2.45) is 4.99 Å². The van der Waals surface area contributed by atoms with E-state index < -0.39 is 12.0 Å². The SMILES string of the molecule is CCOC(=O)C1=C(C)N=C2S[C@@H](c3ccccc3)C(=O)N2[C@@H]1c1ccccc1. The van der Waals surface area contributed by atoms with Gasteiger partial charge in [-0.05, 0) is 25.0 Å². The van der Waals surface area contributed by atoms with Gasteiger partial charge in [0.15, 0.2) is 5.17 Å². The number of amidine groups is 1. The predicted octanol–water partition coefficient (Wildman–Crippen LogP) is 4.25. The summed E-state index contributed by atoms with van der Waals surface area (Å²) >= 11 is 1.43. The molecule has 1 fully saturated rings. The molecule has 0 N–H and O–H groups in total. The number of carbonyl (C=O) groups is 2. The van der Waals surface area contributed by atoms with Gasteiger partial charge in [0.2, 0.25) is 5.91 Å². The van der Waals surface area contributed by atoms with Gasteiger partial charge >= 0.3 is 5.97 Å².